The zero-order valence-electron chi connectivity index (χ0n) is 11.0. The first-order valence-corrected chi connectivity index (χ1v) is 6.46. The van der Waals surface area contributed by atoms with Crippen LogP contribution in [0.4, 0.5) is 4.79 Å². The molecule has 0 aliphatic rings. The molecule has 1 amide bonds. The Bertz CT molecular complexity index is 449. The minimum atomic E-state index is -1.17. The number of ether oxygens (including phenoxy) is 2. The number of rotatable bonds is 7. The predicted molar refractivity (Wildman–Crippen MR) is 73.1 cm³/mol. The first-order valence-electron chi connectivity index (χ1n) is 6.08. The van der Waals surface area contributed by atoms with Gasteiger partial charge in [0.05, 0.1) is 6.54 Å². The quantitative estimate of drug-likeness (QED) is 0.755. The van der Waals surface area contributed by atoms with Gasteiger partial charge in [0.15, 0.2) is 6.10 Å². The van der Waals surface area contributed by atoms with Gasteiger partial charge in [0.25, 0.3) is 0 Å². The monoisotopic (exact) mass is 301 g/mol. The zero-order chi connectivity index (χ0) is 15.0. The van der Waals surface area contributed by atoms with Crippen LogP contribution in [0.25, 0.3) is 0 Å². The van der Waals surface area contributed by atoms with Gasteiger partial charge in [-0.2, -0.15) is 0 Å². The highest BCUT2D eigenvalue weighted by atomic mass is 35.5. The zero-order valence-corrected chi connectivity index (χ0v) is 11.7. The molecule has 1 aromatic carbocycles. The van der Waals surface area contributed by atoms with E-state index < -0.39 is 18.2 Å². The Hall–Kier alpha value is -1.95. The number of carboxylic acids is 1. The maximum absolute atomic E-state index is 11.3. The van der Waals surface area contributed by atoms with Gasteiger partial charge in [0.1, 0.15) is 12.4 Å². The molecule has 0 saturated carbocycles. The van der Waals surface area contributed by atoms with E-state index >= 15 is 0 Å². The van der Waals surface area contributed by atoms with Crippen molar-refractivity contribution in [3.8, 4) is 5.75 Å². The average molecular weight is 302 g/mol. The molecule has 0 aliphatic heterocycles. The molecule has 20 heavy (non-hydrogen) atoms. The van der Waals surface area contributed by atoms with Crippen molar-refractivity contribution in [2.75, 3.05) is 13.2 Å². The summed E-state index contributed by atoms with van der Waals surface area (Å²) in [7, 11) is 0. The van der Waals surface area contributed by atoms with Gasteiger partial charge in [-0.1, -0.05) is 18.5 Å². The molecule has 1 atom stereocenters. The third-order valence-corrected chi connectivity index (χ3v) is 2.60. The lowest BCUT2D eigenvalue weighted by Crippen LogP contribution is -2.34. The fourth-order valence-electron chi connectivity index (χ4n) is 1.33. The molecule has 0 bridgehead atoms. The summed E-state index contributed by atoms with van der Waals surface area (Å²) in [5.74, 6) is -0.540. The fraction of sp³-hybridized carbons (Fsp3) is 0.385. The molecular formula is C13H16ClNO5. The SMILES string of the molecule is CCC(OC(=O)NCCOc1ccc(Cl)cc1)C(=O)O. The van der Waals surface area contributed by atoms with Gasteiger partial charge < -0.3 is 19.9 Å². The van der Waals surface area contributed by atoms with Crippen LogP contribution in [-0.4, -0.2) is 36.4 Å². The third-order valence-electron chi connectivity index (χ3n) is 2.35. The second-order valence-electron chi connectivity index (χ2n) is 3.87. The Morgan fingerprint density at radius 3 is 2.55 bits per heavy atom. The molecule has 0 aromatic heterocycles. The van der Waals surface area contributed by atoms with E-state index in [1.807, 2.05) is 0 Å². The first kappa shape index (κ1) is 16.1. The number of carbonyl (C=O) groups excluding carboxylic acids is 1. The molecule has 0 spiro atoms. The molecule has 0 radical (unpaired) electrons. The molecule has 0 aliphatic carbocycles. The van der Waals surface area contributed by atoms with Crippen molar-refractivity contribution in [2.45, 2.75) is 19.4 Å². The van der Waals surface area contributed by atoms with E-state index in [1.165, 1.54) is 0 Å². The van der Waals surface area contributed by atoms with Gasteiger partial charge in [0, 0.05) is 5.02 Å². The van der Waals surface area contributed by atoms with Crippen LogP contribution in [0.2, 0.25) is 5.02 Å². The second-order valence-corrected chi connectivity index (χ2v) is 4.31. The van der Waals surface area contributed by atoms with E-state index in [2.05, 4.69) is 5.32 Å². The molecule has 1 aromatic rings. The van der Waals surface area contributed by atoms with E-state index in [0.29, 0.717) is 10.8 Å². The van der Waals surface area contributed by atoms with Gasteiger partial charge >= 0.3 is 12.1 Å². The van der Waals surface area contributed by atoms with Crippen molar-refractivity contribution in [1.82, 2.24) is 5.32 Å². The lowest BCUT2D eigenvalue weighted by Gasteiger charge is -2.12. The van der Waals surface area contributed by atoms with Crippen LogP contribution in [0.5, 0.6) is 5.75 Å². The van der Waals surface area contributed by atoms with E-state index in [4.69, 9.17) is 26.2 Å². The van der Waals surface area contributed by atoms with Crippen LogP contribution in [0, 0.1) is 0 Å². The van der Waals surface area contributed by atoms with Crippen molar-refractivity contribution in [3.05, 3.63) is 29.3 Å². The summed E-state index contributed by atoms with van der Waals surface area (Å²) in [4.78, 5) is 22.0. The summed E-state index contributed by atoms with van der Waals surface area (Å²) < 4.78 is 10.1. The van der Waals surface area contributed by atoms with Crippen LogP contribution in [-0.2, 0) is 9.53 Å². The van der Waals surface area contributed by atoms with Crippen molar-refractivity contribution >= 4 is 23.7 Å². The first-order chi connectivity index (χ1) is 9.52. The maximum atomic E-state index is 11.3. The van der Waals surface area contributed by atoms with E-state index in [9.17, 15) is 9.59 Å². The van der Waals surface area contributed by atoms with Crippen molar-refractivity contribution in [2.24, 2.45) is 0 Å². The van der Waals surface area contributed by atoms with E-state index in [1.54, 1.807) is 31.2 Å². The number of aliphatic carboxylic acids is 1. The molecule has 0 fully saturated rings. The number of hydrogen-bond donors (Lipinski definition) is 2. The fourth-order valence-corrected chi connectivity index (χ4v) is 1.46. The number of benzene rings is 1. The standard InChI is InChI=1S/C13H16ClNO5/c1-2-11(12(16)17)20-13(18)15-7-8-19-10-5-3-9(14)4-6-10/h3-6,11H,2,7-8H2,1H3,(H,15,18)(H,16,17). The Morgan fingerprint density at radius 1 is 1.35 bits per heavy atom. The smallest absolute Gasteiger partial charge is 0.408 e. The van der Waals surface area contributed by atoms with Gasteiger partial charge in [-0.15, -0.1) is 0 Å². The number of amides is 1. The minimum absolute atomic E-state index is 0.206. The number of halogens is 1. The number of carboxylic acid groups (broad SMARTS) is 1. The highest BCUT2D eigenvalue weighted by molar-refractivity contribution is 6.30. The van der Waals surface area contributed by atoms with Crippen molar-refractivity contribution in [1.29, 1.82) is 0 Å². The molecule has 1 rings (SSSR count). The summed E-state index contributed by atoms with van der Waals surface area (Å²) in [6.07, 6.45) is -1.70. The van der Waals surface area contributed by atoms with E-state index in [0.717, 1.165) is 0 Å². The largest absolute Gasteiger partial charge is 0.492 e. The maximum Gasteiger partial charge on any atom is 0.408 e. The molecule has 1 unspecified atom stereocenters. The van der Waals surface area contributed by atoms with Crippen molar-refractivity contribution in [3.63, 3.8) is 0 Å². The van der Waals surface area contributed by atoms with Crippen LogP contribution in [0.3, 0.4) is 0 Å². The highest BCUT2D eigenvalue weighted by Gasteiger charge is 2.19. The Labute approximate surface area is 121 Å². The van der Waals surface area contributed by atoms with Crippen LogP contribution in [0.15, 0.2) is 24.3 Å². The summed E-state index contributed by atoms with van der Waals surface area (Å²) >= 11 is 5.73. The number of nitrogens with one attached hydrogen (secondary N) is 1. The third kappa shape index (κ3) is 5.79. The predicted octanol–water partition coefficient (Wildman–Crippen LogP) is 2.31. The molecule has 7 heteroatoms. The van der Waals surface area contributed by atoms with Crippen LogP contribution in [0.1, 0.15) is 13.3 Å². The Kier molecular flexibility index (Phi) is 6.66. The van der Waals surface area contributed by atoms with Gasteiger partial charge in [-0.25, -0.2) is 9.59 Å². The number of hydrogen-bond acceptors (Lipinski definition) is 4. The Balaban J connectivity index is 2.22. The van der Waals surface area contributed by atoms with Gasteiger partial charge in [-0.05, 0) is 30.7 Å². The molecular weight excluding hydrogens is 286 g/mol. The average Bonchev–Trinajstić information content (AvgIpc) is 2.42. The lowest BCUT2D eigenvalue weighted by atomic mass is 10.3. The molecule has 0 heterocycles. The molecule has 6 nitrogen and oxygen atoms in total. The second kappa shape index (κ2) is 8.27. The van der Waals surface area contributed by atoms with E-state index in [-0.39, 0.29) is 19.6 Å². The van der Waals surface area contributed by atoms with Crippen molar-refractivity contribution < 1.29 is 24.2 Å². The van der Waals surface area contributed by atoms with Crippen LogP contribution >= 0.6 is 11.6 Å². The number of alkyl carbamates (subject to hydrolysis) is 1. The number of carbonyl (C=O) groups is 2. The summed E-state index contributed by atoms with van der Waals surface area (Å²) in [5.41, 5.74) is 0. The van der Waals surface area contributed by atoms with Gasteiger partial charge in [0.2, 0.25) is 0 Å². The van der Waals surface area contributed by atoms with Gasteiger partial charge in [-0.3, -0.25) is 0 Å². The van der Waals surface area contributed by atoms with Crippen LogP contribution < -0.4 is 10.1 Å². The topological polar surface area (TPSA) is 84.9 Å². The molecule has 2 N–H and O–H groups in total. The molecule has 110 valence electrons. The summed E-state index contributed by atoms with van der Waals surface area (Å²) in [6, 6.07) is 6.80. The summed E-state index contributed by atoms with van der Waals surface area (Å²) in [5, 5.41) is 11.7. The highest BCUT2D eigenvalue weighted by Crippen LogP contribution is 2.15. The summed E-state index contributed by atoms with van der Waals surface area (Å²) in [6.45, 7) is 2.06. The normalized spacial score (nSPS) is 11.5. The Morgan fingerprint density at radius 2 is 2.00 bits per heavy atom. The lowest BCUT2D eigenvalue weighted by molar-refractivity contribution is -0.146. The minimum Gasteiger partial charge on any atom is -0.492 e. The molecule has 0 saturated heterocycles.